The molecule has 6 nitrogen and oxygen atoms in total. The summed E-state index contributed by atoms with van der Waals surface area (Å²) in [7, 11) is 3.88. The van der Waals surface area contributed by atoms with Gasteiger partial charge in [0.25, 0.3) is 5.56 Å². The second kappa shape index (κ2) is 8.25. The minimum absolute atomic E-state index is 0. The third kappa shape index (κ3) is 4.56. The minimum atomic E-state index is -0.0863. The molecule has 1 aliphatic rings. The summed E-state index contributed by atoms with van der Waals surface area (Å²) >= 11 is 3.40. The van der Waals surface area contributed by atoms with Gasteiger partial charge in [-0.2, -0.15) is 13.5 Å². The zero-order chi connectivity index (χ0) is 17.3. The number of likely N-dealkylation sites (N-methyl/N-ethyl adjacent to an activating group) is 1. The maximum Gasteiger partial charge on any atom is 0.274 e. The Hall–Kier alpha value is -1.51. The average molecular weight is 426 g/mol. The van der Waals surface area contributed by atoms with Gasteiger partial charge in [0, 0.05) is 43.4 Å². The molecule has 2 aromatic heterocycles. The lowest BCUT2D eigenvalue weighted by molar-refractivity contribution is 0.275. The third-order valence-electron chi connectivity index (χ3n) is 4.32. The zero-order valence-electron chi connectivity index (χ0n) is 14.7. The van der Waals surface area contributed by atoms with E-state index >= 15 is 0 Å². The van der Waals surface area contributed by atoms with Gasteiger partial charge in [-0.25, -0.2) is 4.98 Å². The fraction of sp³-hybridized carbons (Fsp3) is 0.412. The number of nitrogens with one attached hydrogen (secondary N) is 1. The number of rotatable bonds is 3. The van der Waals surface area contributed by atoms with E-state index in [1.807, 2.05) is 12.3 Å². The molecule has 25 heavy (non-hydrogen) atoms. The summed E-state index contributed by atoms with van der Waals surface area (Å²) in [6.07, 6.45) is 3.60. The van der Waals surface area contributed by atoms with Crippen molar-refractivity contribution in [2.45, 2.75) is 13.0 Å². The molecule has 1 saturated heterocycles. The Kier molecular flexibility index (Phi) is 6.53. The number of piperazine rings is 1. The van der Waals surface area contributed by atoms with Crippen LogP contribution in [0.2, 0.25) is 0 Å². The number of pyridine rings is 2. The minimum Gasteiger partial charge on any atom is -0.365 e. The molecule has 8 heteroatoms. The fourth-order valence-electron chi connectivity index (χ4n) is 3.05. The SMILES string of the molecule is C[C@H]1CN(C)CCN1c1ccc(Nc2cc(Br)cn(C)c2=O)nc1.S. The van der Waals surface area contributed by atoms with E-state index in [4.69, 9.17) is 0 Å². The number of hydrogen-bond acceptors (Lipinski definition) is 5. The molecule has 0 spiro atoms. The number of hydrogen-bond donors (Lipinski definition) is 1. The largest absolute Gasteiger partial charge is 0.365 e. The van der Waals surface area contributed by atoms with Crippen molar-refractivity contribution >= 4 is 46.6 Å². The molecule has 0 unspecified atom stereocenters. The molecule has 3 rings (SSSR count). The Labute approximate surface area is 163 Å². The standard InChI is InChI=1S/C17H22BrN5O.H2S/c1-12-10-21(2)6-7-23(12)14-4-5-16(19-9-14)20-15-8-13(18)11-22(3)17(15)24;/h4-5,8-9,11-12H,6-7,10H2,1-3H3,(H,19,20);1H2/t12-;/m0./s1. The normalized spacial score (nSPS) is 17.9. The molecule has 0 saturated carbocycles. The topological polar surface area (TPSA) is 53.4 Å². The van der Waals surface area contributed by atoms with Gasteiger partial charge in [0.2, 0.25) is 0 Å². The van der Waals surface area contributed by atoms with E-state index in [-0.39, 0.29) is 19.1 Å². The maximum absolute atomic E-state index is 12.2. The van der Waals surface area contributed by atoms with Crippen molar-refractivity contribution in [2.75, 3.05) is 36.9 Å². The van der Waals surface area contributed by atoms with Gasteiger partial charge in [-0.15, -0.1) is 0 Å². The number of nitrogens with zero attached hydrogens (tertiary/aromatic N) is 4. The maximum atomic E-state index is 12.2. The first-order chi connectivity index (χ1) is 11.4. The van der Waals surface area contributed by atoms with E-state index in [0.29, 0.717) is 17.5 Å². The second-order valence-corrected chi connectivity index (χ2v) is 7.24. The zero-order valence-corrected chi connectivity index (χ0v) is 17.2. The van der Waals surface area contributed by atoms with Crippen LogP contribution >= 0.6 is 29.4 Å². The average Bonchev–Trinajstić information content (AvgIpc) is 2.53. The highest BCUT2D eigenvalue weighted by Gasteiger charge is 2.21. The predicted octanol–water partition coefficient (Wildman–Crippen LogP) is 2.54. The van der Waals surface area contributed by atoms with Gasteiger partial charge in [0.1, 0.15) is 11.5 Å². The lowest BCUT2D eigenvalue weighted by Gasteiger charge is -2.39. The number of aryl methyl sites for hydroxylation is 1. The first-order valence-corrected chi connectivity index (χ1v) is 8.78. The monoisotopic (exact) mass is 425 g/mol. The fourth-order valence-corrected chi connectivity index (χ4v) is 3.59. The van der Waals surface area contributed by atoms with Gasteiger partial charge in [-0.3, -0.25) is 4.79 Å². The van der Waals surface area contributed by atoms with Crippen LogP contribution in [0.5, 0.6) is 0 Å². The molecule has 0 aliphatic carbocycles. The smallest absolute Gasteiger partial charge is 0.274 e. The molecule has 1 aliphatic heterocycles. The Bertz CT molecular complexity index is 780. The molecule has 136 valence electrons. The van der Waals surface area contributed by atoms with Crippen LogP contribution in [0.25, 0.3) is 0 Å². The van der Waals surface area contributed by atoms with Gasteiger partial charge >= 0.3 is 0 Å². The lowest BCUT2D eigenvalue weighted by Crippen LogP contribution is -2.50. The van der Waals surface area contributed by atoms with Gasteiger partial charge in [0.15, 0.2) is 0 Å². The first-order valence-electron chi connectivity index (χ1n) is 7.98. The first kappa shape index (κ1) is 19.8. The molecular weight excluding hydrogens is 402 g/mol. The Morgan fingerprint density at radius 3 is 2.68 bits per heavy atom. The van der Waals surface area contributed by atoms with E-state index in [9.17, 15) is 4.79 Å². The molecule has 0 aromatic carbocycles. The van der Waals surface area contributed by atoms with Crippen LogP contribution in [0.4, 0.5) is 17.2 Å². The van der Waals surface area contributed by atoms with Crippen LogP contribution in [0.3, 0.4) is 0 Å². The molecule has 3 heterocycles. The third-order valence-corrected chi connectivity index (χ3v) is 4.76. The van der Waals surface area contributed by atoms with Crippen molar-refractivity contribution in [3.63, 3.8) is 0 Å². The van der Waals surface area contributed by atoms with Crippen molar-refractivity contribution in [2.24, 2.45) is 7.05 Å². The number of anilines is 3. The predicted molar refractivity (Wildman–Crippen MR) is 112 cm³/mol. The van der Waals surface area contributed by atoms with Gasteiger partial charge < -0.3 is 19.7 Å². The highest BCUT2D eigenvalue weighted by atomic mass is 79.9. The summed E-state index contributed by atoms with van der Waals surface area (Å²) in [5, 5.41) is 3.10. The Morgan fingerprint density at radius 2 is 2.04 bits per heavy atom. The highest BCUT2D eigenvalue weighted by Crippen LogP contribution is 2.22. The van der Waals surface area contributed by atoms with Gasteiger partial charge in [-0.05, 0) is 48.1 Å². The Morgan fingerprint density at radius 1 is 1.28 bits per heavy atom. The van der Waals surface area contributed by atoms with Crippen LogP contribution in [-0.2, 0) is 7.05 Å². The molecule has 1 fully saturated rings. The molecule has 0 bridgehead atoms. The quantitative estimate of drug-likeness (QED) is 0.818. The molecule has 1 N–H and O–H groups in total. The summed E-state index contributed by atoms with van der Waals surface area (Å²) in [6.45, 7) is 5.33. The molecular formula is C17H24BrN5OS. The van der Waals surface area contributed by atoms with Crippen molar-refractivity contribution in [3.8, 4) is 0 Å². The number of halogens is 1. The summed E-state index contributed by atoms with van der Waals surface area (Å²) in [6, 6.07) is 6.20. The molecule has 2 aromatic rings. The summed E-state index contributed by atoms with van der Waals surface area (Å²) in [5.41, 5.74) is 1.53. The second-order valence-electron chi connectivity index (χ2n) is 6.32. The summed E-state index contributed by atoms with van der Waals surface area (Å²) < 4.78 is 2.38. The van der Waals surface area contributed by atoms with Crippen LogP contribution in [0, 0.1) is 0 Å². The molecule has 0 amide bonds. The van der Waals surface area contributed by atoms with Gasteiger partial charge in [-0.1, -0.05) is 0 Å². The summed E-state index contributed by atoms with van der Waals surface area (Å²) in [4.78, 5) is 21.3. The lowest BCUT2D eigenvalue weighted by atomic mass is 10.2. The van der Waals surface area contributed by atoms with Crippen molar-refractivity contribution in [1.82, 2.24) is 14.5 Å². The van der Waals surface area contributed by atoms with Crippen LogP contribution < -0.4 is 15.8 Å². The summed E-state index contributed by atoms with van der Waals surface area (Å²) in [5.74, 6) is 0.663. The van der Waals surface area contributed by atoms with E-state index in [2.05, 4.69) is 56.1 Å². The van der Waals surface area contributed by atoms with E-state index in [0.717, 1.165) is 29.8 Å². The van der Waals surface area contributed by atoms with Gasteiger partial charge in [0.05, 0.1) is 11.9 Å². The van der Waals surface area contributed by atoms with Crippen LogP contribution in [0.15, 0.2) is 39.9 Å². The van der Waals surface area contributed by atoms with Crippen molar-refractivity contribution in [1.29, 1.82) is 0 Å². The van der Waals surface area contributed by atoms with Crippen molar-refractivity contribution in [3.05, 3.63) is 45.4 Å². The van der Waals surface area contributed by atoms with E-state index in [1.165, 1.54) is 4.57 Å². The molecule has 1 atom stereocenters. The highest BCUT2D eigenvalue weighted by molar-refractivity contribution is 9.10. The van der Waals surface area contributed by atoms with E-state index in [1.54, 1.807) is 19.3 Å². The van der Waals surface area contributed by atoms with E-state index < -0.39 is 0 Å². The van der Waals surface area contributed by atoms with Crippen LogP contribution in [-0.4, -0.2) is 47.2 Å². The van der Waals surface area contributed by atoms with Crippen LogP contribution in [0.1, 0.15) is 6.92 Å². The Balaban J connectivity index is 0.00000225. The molecule has 0 radical (unpaired) electrons. The number of aromatic nitrogens is 2. The van der Waals surface area contributed by atoms with Crippen molar-refractivity contribution < 1.29 is 0 Å².